The van der Waals surface area contributed by atoms with Gasteiger partial charge in [0, 0.05) is 0 Å². The molecule has 2 heterocycles. The Bertz CT molecular complexity index is 475. The summed E-state index contributed by atoms with van der Waals surface area (Å²) in [5.41, 5.74) is 0. The summed E-state index contributed by atoms with van der Waals surface area (Å²) in [5, 5.41) is 0. The fourth-order valence-electron chi connectivity index (χ4n) is 2.45. The monoisotopic (exact) mass is 298 g/mol. The van der Waals surface area contributed by atoms with Crippen LogP contribution in [0, 0.1) is 0 Å². The van der Waals surface area contributed by atoms with Crippen LogP contribution in [0.4, 0.5) is 0 Å². The Hall–Kier alpha value is -1.46. The van der Waals surface area contributed by atoms with Crippen LogP contribution in [-0.2, 0) is 4.79 Å². The second-order valence-electron chi connectivity index (χ2n) is 5.15. The number of piperazine rings is 1. The Morgan fingerprint density at radius 3 is 2.60 bits per heavy atom. The number of likely N-dealkylation sites (N-methyl/N-ethyl adjacent to an activating group) is 1. The largest absolute Gasteiger partial charge is 1.00 e. The minimum absolute atomic E-state index is 0. The van der Waals surface area contributed by atoms with E-state index in [0.717, 1.165) is 31.9 Å². The van der Waals surface area contributed by atoms with Gasteiger partial charge in [-0.05, 0) is 12.1 Å². The van der Waals surface area contributed by atoms with Crippen LogP contribution in [0.5, 0.6) is 11.5 Å². The molecule has 3 rings (SSSR count). The van der Waals surface area contributed by atoms with E-state index in [-0.39, 0.29) is 18.3 Å². The predicted molar refractivity (Wildman–Crippen MR) is 69.6 cm³/mol. The average Bonchev–Trinajstić information content (AvgIpc) is 2.47. The lowest BCUT2D eigenvalue weighted by Crippen LogP contribution is -3.12. The van der Waals surface area contributed by atoms with Crippen LogP contribution < -0.4 is 26.8 Å². The van der Waals surface area contributed by atoms with Crippen LogP contribution in [-0.4, -0.2) is 56.7 Å². The SMILES string of the molecule is C[NH+]1CCN(C(=O)C2COc3ccccc3O2)CC1.[Cl-]. The van der Waals surface area contributed by atoms with E-state index in [1.165, 1.54) is 4.90 Å². The van der Waals surface area contributed by atoms with E-state index in [1.54, 1.807) is 0 Å². The van der Waals surface area contributed by atoms with Gasteiger partial charge in [-0.15, -0.1) is 0 Å². The van der Waals surface area contributed by atoms with Crippen molar-refractivity contribution in [1.82, 2.24) is 4.90 Å². The molecule has 110 valence electrons. The zero-order valence-electron chi connectivity index (χ0n) is 11.5. The molecule has 1 fully saturated rings. The minimum atomic E-state index is -0.506. The number of para-hydroxylation sites is 2. The summed E-state index contributed by atoms with van der Waals surface area (Å²) in [6.07, 6.45) is -0.506. The third kappa shape index (κ3) is 2.99. The summed E-state index contributed by atoms with van der Waals surface area (Å²) in [6, 6.07) is 7.47. The van der Waals surface area contributed by atoms with Gasteiger partial charge in [0.05, 0.1) is 33.2 Å². The number of quaternary nitrogens is 1. The summed E-state index contributed by atoms with van der Waals surface area (Å²) in [5.74, 6) is 1.42. The first-order valence-electron chi connectivity index (χ1n) is 6.72. The summed E-state index contributed by atoms with van der Waals surface area (Å²) in [7, 11) is 2.15. The molecule has 2 aliphatic rings. The molecular formula is C14H19ClN2O3. The molecule has 6 heteroatoms. The second-order valence-corrected chi connectivity index (χ2v) is 5.15. The van der Waals surface area contributed by atoms with E-state index in [1.807, 2.05) is 29.2 Å². The molecule has 1 aromatic rings. The van der Waals surface area contributed by atoms with E-state index in [9.17, 15) is 4.79 Å². The number of rotatable bonds is 1. The Morgan fingerprint density at radius 1 is 1.25 bits per heavy atom. The average molecular weight is 299 g/mol. The number of nitrogens with one attached hydrogen (secondary N) is 1. The van der Waals surface area contributed by atoms with Gasteiger partial charge >= 0.3 is 0 Å². The van der Waals surface area contributed by atoms with Crippen molar-refractivity contribution in [3.05, 3.63) is 24.3 Å². The summed E-state index contributed by atoms with van der Waals surface area (Å²) in [6.45, 7) is 3.89. The fourth-order valence-corrected chi connectivity index (χ4v) is 2.45. The molecule has 0 bridgehead atoms. The molecule has 1 amide bonds. The first-order valence-corrected chi connectivity index (χ1v) is 6.72. The normalized spacial score (nSPS) is 22.1. The topological polar surface area (TPSA) is 43.2 Å². The number of ether oxygens (including phenoxy) is 2. The van der Waals surface area contributed by atoms with Gasteiger partial charge in [-0.3, -0.25) is 4.79 Å². The summed E-state index contributed by atoms with van der Waals surface area (Å²) >= 11 is 0. The van der Waals surface area contributed by atoms with Gasteiger partial charge in [0.15, 0.2) is 11.5 Å². The van der Waals surface area contributed by atoms with Crippen molar-refractivity contribution in [1.29, 1.82) is 0 Å². The summed E-state index contributed by atoms with van der Waals surface area (Å²) < 4.78 is 11.3. The molecule has 0 saturated carbocycles. The number of hydrogen-bond acceptors (Lipinski definition) is 3. The van der Waals surface area contributed by atoms with Gasteiger partial charge in [0.2, 0.25) is 6.10 Å². The highest BCUT2D eigenvalue weighted by Gasteiger charge is 2.32. The number of carbonyl (C=O) groups is 1. The number of fused-ring (bicyclic) bond motifs is 1. The number of carbonyl (C=O) groups excluding carboxylic acids is 1. The van der Waals surface area contributed by atoms with Gasteiger partial charge < -0.3 is 31.7 Å². The lowest BCUT2D eigenvalue weighted by atomic mass is 10.2. The van der Waals surface area contributed by atoms with Gasteiger partial charge in [0.25, 0.3) is 5.91 Å². The maximum absolute atomic E-state index is 12.4. The van der Waals surface area contributed by atoms with Gasteiger partial charge in [-0.2, -0.15) is 0 Å². The number of hydrogen-bond donors (Lipinski definition) is 1. The predicted octanol–water partition coefficient (Wildman–Crippen LogP) is -3.81. The third-order valence-corrected chi connectivity index (χ3v) is 3.71. The van der Waals surface area contributed by atoms with E-state index in [4.69, 9.17) is 9.47 Å². The van der Waals surface area contributed by atoms with Crippen molar-refractivity contribution in [2.75, 3.05) is 39.8 Å². The Balaban J connectivity index is 0.00000147. The quantitative estimate of drug-likeness (QED) is 0.578. The molecule has 0 radical (unpaired) electrons. The highest BCUT2D eigenvalue weighted by atomic mass is 35.5. The smallest absolute Gasteiger partial charge is 0.267 e. The first-order chi connectivity index (χ1) is 9.24. The molecule has 5 nitrogen and oxygen atoms in total. The van der Waals surface area contributed by atoms with Crippen LogP contribution in [0.2, 0.25) is 0 Å². The van der Waals surface area contributed by atoms with E-state index < -0.39 is 6.10 Å². The zero-order valence-corrected chi connectivity index (χ0v) is 12.2. The molecule has 0 aromatic heterocycles. The van der Waals surface area contributed by atoms with Crippen molar-refractivity contribution in [2.24, 2.45) is 0 Å². The van der Waals surface area contributed by atoms with Crippen LogP contribution in [0.3, 0.4) is 0 Å². The first kappa shape index (κ1) is 14.9. The molecule has 1 aromatic carbocycles. The minimum Gasteiger partial charge on any atom is -1.00 e. The highest BCUT2D eigenvalue weighted by molar-refractivity contribution is 5.82. The summed E-state index contributed by atoms with van der Waals surface area (Å²) in [4.78, 5) is 15.7. The molecule has 2 aliphatic heterocycles. The number of nitrogens with zero attached hydrogens (tertiary/aromatic N) is 1. The number of benzene rings is 1. The van der Waals surface area contributed by atoms with Crippen LogP contribution in [0.1, 0.15) is 0 Å². The molecule has 1 saturated heterocycles. The Kier molecular flexibility index (Phi) is 4.73. The maximum Gasteiger partial charge on any atom is 0.267 e. The van der Waals surface area contributed by atoms with Crippen LogP contribution in [0.25, 0.3) is 0 Å². The van der Waals surface area contributed by atoms with E-state index >= 15 is 0 Å². The van der Waals surface area contributed by atoms with Crippen molar-refractivity contribution in [3.63, 3.8) is 0 Å². The molecular weight excluding hydrogens is 280 g/mol. The molecule has 1 atom stereocenters. The van der Waals surface area contributed by atoms with Gasteiger partial charge in [0.1, 0.15) is 6.61 Å². The Labute approximate surface area is 124 Å². The van der Waals surface area contributed by atoms with Gasteiger partial charge in [-0.1, -0.05) is 12.1 Å². The molecule has 0 aliphatic carbocycles. The van der Waals surface area contributed by atoms with Crippen LogP contribution >= 0.6 is 0 Å². The molecule has 1 unspecified atom stereocenters. The maximum atomic E-state index is 12.4. The third-order valence-electron chi connectivity index (χ3n) is 3.71. The van der Waals surface area contributed by atoms with Crippen molar-refractivity contribution >= 4 is 5.91 Å². The highest BCUT2D eigenvalue weighted by Crippen LogP contribution is 2.31. The lowest BCUT2D eigenvalue weighted by molar-refractivity contribution is -0.883. The van der Waals surface area contributed by atoms with E-state index in [2.05, 4.69) is 7.05 Å². The molecule has 0 spiro atoms. The second kappa shape index (κ2) is 6.33. The van der Waals surface area contributed by atoms with Gasteiger partial charge in [-0.25, -0.2) is 0 Å². The van der Waals surface area contributed by atoms with Crippen molar-refractivity contribution in [3.8, 4) is 11.5 Å². The van der Waals surface area contributed by atoms with Crippen molar-refractivity contribution in [2.45, 2.75) is 6.10 Å². The standard InChI is InChI=1S/C14H18N2O3.ClH/c1-15-6-8-16(9-7-15)14(17)13-10-18-11-4-2-3-5-12(11)19-13;/h2-5,13H,6-10H2,1H3;1H. The van der Waals surface area contributed by atoms with Crippen LogP contribution in [0.15, 0.2) is 24.3 Å². The number of halogens is 1. The Morgan fingerprint density at radius 2 is 1.90 bits per heavy atom. The number of amides is 1. The fraction of sp³-hybridized carbons (Fsp3) is 0.500. The molecule has 1 N–H and O–H groups in total. The molecule has 20 heavy (non-hydrogen) atoms. The van der Waals surface area contributed by atoms with E-state index in [0.29, 0.717) is 12.4 Å². The zero-order chi connectivity index (χ0) is 13.2. The lowest BCUT2D eigenvalue weighted by Gasteiger charge is -2.34. The van der Waals surface area contributed by atoms with Crippen molar-refractivity contribution < 1.29 is 31.6 Å².